The van der Waals surface area contributed by atoms with Gasteiger partial charge in [0.05, 0.1) is 24.8 Å². The summed E-state index contributed by atoms with van der Waals surface area (Å²) in [6, 6.07) is 6.61. The van der Waals surface area contributed by atoms with Gasteiger partial charge in [0.2, 0.25) is 0 Å². The van der Waals surface area contributed by atoms with Gasteiger partial charge in [0, 0.05) is 5.70 Å². The number of hydrogen-bond acceptors (Lipinski definition) is 4. The molecule has 0 spiro atoms. The van der Waals surface area contributed by atoms with E-state index in [4.69, 9.17) is 9.47 Å². The van der Waals surface area contributed by atoms with E-state index in [9.17, 15) is 9.59 Å². The molecule has 1 aromatic carbocycles. The molecule has 0 bridgehead atoms. The lowest BCUT2D eigenvalue weighted by Gasteiger charge is -2.29. The monoisotopic (exact) mass is 360 g/mol. The van der Waals surface area contributed by atoms with E-state index in [1.807, 2.05) is 31.2 Å². The maximum atomic E-state index is 12.6. The lowest BCUT2D eigenvalue weighted by Crippen LogP contribution is -2.46. The first-order valence-corrected chi connectivity index (χ1v) is 9.31. The van der Waals surface area contributed by atoms with Gasteiger partial charge in [0.1, 0.15) is 5.75 Å². The Morgan fingerprint density at radius 3 is 2.69 bits per heavy atom. The number of unbranched alkanes of at least 4 members (excludes halogenated alkanes) is 1. The summed E-state index contributed by atoms with van der Waals surface area (Å²) < 4.78 is 10.9. The Bertz CT molecular complexity index is 670. The summed E-state index contributed by atoms with van der Waals surface area (Å²) in [5, 5.41) is 5.63. The van der Waals surface area contributed by atoms with Gasteiger partial charge in [0.25, 0.3) is 0 Å². The molecule has 6 nitrogen and oxygen atoms in total. The quantitative estimate of drug-likeness (QED) is 0.656. The first-order chi connectivity index (χ1) is 12.6. The molecule has 1 atom stereocenters. The van der Waals surface area contributed by atoms with Crippen LogP contribution in [0.25, 0.3) is 0 Å². The van der Waals surface area contributed by atoms with Crippen LogP contribution in [0.4, 0.5) is 4.79 Å². The van der Waals surface area contributed by atoms with Gasteiger partial charge in [-0.3, -0.25) is 0 Å². The molecular formula is C20H28N2O4. The van der Waals surface area contributed by atoms with Crippen LogP contribution in [0, 0.1) is 0 Å². The molecule has 6 heteroatoms. The van der Waals surface area contributed by atoms with Crippen LogP contribution in [0.2, 0.25) is 0 Å². The molecule has 1 heterocycles. The number of nitrogens with one attached hydrogen (secondary N) is 2. The van der Waals surface area contributed by atoms with E-state index in [0.717, 1.165) is 30.6 Å². The third-order valence-electron chi connectivity index (χ3n) is 4.09. The predicted octanol–water partition coefficient (Wildman–Crippen LogP) is 3.84. The van der Waals surface area contributed by atoms with Crippen molar-refractivity contribution in [3.8, 4) is 5.75 Å². The number of ether oxygens (including phenoxy) is 2. The summed E-state index contributed by atoms with van der Waals surface area (Å²) in [5.74, 6) is 0.312. The summed E-state index contributed by atoms with van der Waals surface area (Å²) in [5.41, 5.74) is 1.90. The smallest absolute Gasteiger partial charge is 0.338 e. The largest absolute Gasteiger partial charge is 0.494 e. The van der Waals surface area contributed by atoms with Gasteiger partial charge in [-0.15, -0.1) is 0 Å². The maximum absolute atomic E-state index is 12.6. The SMILES string of the molecule is CCCCC1=C(C(=O)OCC)C(c2cccc(OCCC)c2)NC(=O)N1. The molecule has 2 amide bonds. The van der Waals surface area contributed by atoms with Crippen molar-refractivity contribution >= 4 is 12.0 Å². The van der Waals surface area contributed by atoms with E-state index in [-0.39, 0.29) is 12.6 Å². The second-order valence-electron chi connectivity index (χ2n) is 6.17. The molecule has 1 aromatic rings. The highest BCUT2D eigenvalue weighted by Gasteiger charge is 2.33. The molecule has 142 valence electrons. The van der Waals surface area contributed by atoms with Crippen molar-refractivity contribution in [1.29, 1.82) is 0 Å². The van der Waals surface area contributed by atoms with Crippen molar-refractivity contribution in [3.05, 3.63) is 41.1 Å². The summed E-state index contributed by atoms with van der Waals surface area (Å²) in [6.07, 6.45) is 3.38. The van der Waals surface area contributed by atoms with Crippen LogP contribution in [-0.4, -0.2) is 25.2 Å². The molecule has 1 aliphatic rings. The second-order valence-corrected chi connectivity index (χ2v) is 6.17. The fraction of sp³-hybridized carbons (Fsp3) is 0.500. The number of allylic oxidation sites excluding steroid dienone is 1. The fourth-order valence-electron chi connectivity index (χ4n) is 2.87. The Labute approximate surface area is 154 Å². The van der Waals surface area contributed by atoms with Crippen LogP contribution in [0.1, 0.15) is 58.1 Å². The average Bonchev–Trinajstić information content (AvgIpc) is 2.64. The van der Waals surface area contributed by atoms with Crippen LogP contribution in [-0.2, 0) is 9.53 Å². The Hall–Kier alpha value is -2.50. The highest BCUT2D eigenvalue weighted by molar-refractivity contribution is 5.95. The van der Waals surface area contributed by atoms with Crippen molar-refractivity contribution < 1.29 is 19.1 Å². The molecule has 0 aliphatic carbocycles. The molecule has 1 aliphatic heterocycles. The van der Waals surface area contributed by atoms with Crippen molar-refractivity contribution in [2.45, 2.75) is 52.5 Å². The number of carbonyl (C=O) groups is 2. The summed E-state index contributed by atoms with van der Waals surface area (Å²) >= 11 is 0. The topological polar surface area (TPSA) is 76.7 Å². The van der Waals surface area contributed by atoms with Gasteiger partial charge >= 0.3 is 12.0 Å². The number of rotatable bonds is 9. The minimum Gasteiger partial charge on any atom is -0.494 e. The summed E-state index contributed by atoms with van der Waals surface area (Å²) in [7, 11) is 0. The third-order valence-corrected chi connectivity index (χ3v) is 4.09. The summed E-state index contributed by atoms with van der Waals surface area (Å²) in [6.45, 7) is 6.78. The maximum Gasteiger partial charge on any atom is 0.338 e. The molecule has 0 saturated heterocycles. The first-order valence-electron chi connectivity index (χ1n) is 9.31. The van der Waals surface area contributed by atoms with E-state index in [1.54, 1.807) is 6.92 Å². The molecule has 0 radical (unpaired) electrons. The van der Waals surface area contributed by atoms with Crippen LogP contribution < -0.4 is 15.4 Å². The van der Waals surface area contributed by atoms with Gasteiger partial charge in [-0.1, -0.05) is 32.4 Å². The summed E-state index contributed by atoms with van der Waals surface area (Å²) in [4.78, 5) is 24.8. The van der Waals surface area contributed by atoms with E-state index in [0.29, 0.717) is 24.3 Å². The average molecular weight is 360 g/mol. The van der Waals surface area contributed by atoms with Gasteiger partial charge < -0.3 is 20.1 Å². The minimum atomic E-state index is -0.556. The third kappa shape index (κ3) is 5.00. The van der Waals surface area contributed by atoms with Crippen LogP contribution in [0.5, 0.6) is 5.75 Å². The zero-order valence-corrected chi connectivity index (χ0v) is 15.8. The van der Waals surface area contributed by atoms with Crippen molar-refractivity contribution in [2.24, 2.45) is 0 Å². The highest BCUT2D eigenvalue weighted by Crippen LogP contribution is 2.31. The molecule has 1 unspecified atom stereocenters. The molecule has 0 fully saturated rings. The van der Waals surface area contributed by atoms with Gasteiger partial charge in [-0.25, -0.2) is 9.59 Å². The first kappa shape index (κ1) is 19.8. The van der Waals surface area contributed by atoms with Crippen LogP contribution in [0.15, 0.2) is 35.5 Å². The number of amides is 2. The van der Waals surface area contributed by atoms with Crippen molar-refractivity contribution in [3.63, 3.8) is 0 Å². The predicted molar refractivity (Wildman–Crippen MR) is 99.8 cm³/mol. The van der Waals surface area contributed by atoms with Gasteiger partial charge in [0.15, 0.2) is 0 Å². The number of hydrogen-bond donors (Lipinski definition) is 2. The fourth-order valence-corrected chi connectivity index (χ4v) is 2.87. The highest BCUT2D eigenvalue weighted by atomic mass is 16.5. The molecule has 26 heavy (non-hydrogen) atoms. The Balaban J connectivity index is 2.41. The normalized spacial score (nSPS) is 16.7. The number of carbonyl (C=O) groups excluding carboxylic acids is 2. The Morgan fingerprint density at radius 1 is 1.19 bits per heavy atom. The Kier molecular flexibility index (Phi) is 7.51. The number of esters is 1. The molecule has 0 aromatic heterocycles. The van der Waals surface area contributed by atoms with E-state index in [1.165, 1.54) is 0 Å². The zero-order valence-electron chi connectivity index (χ0n) is 15.8. The van der Waals surface area contributed by atoms with Crippen LogP contribution in [0.3, 0.4) is 0 Å². The zero-order chi connectivity index (χ0) is 18.9. The minimum absolute atomic E-state index is 0.281. The molecule has 2 rings (SSSR count). The van der Waals surface area contributed by atoms with Gasteiger partial charge in [-0.05, 0) is 43.9 Å². The molecular weight excluding hydrogens is 332 g/mol. The van der Waals surface area contributed by atoms with Crippen molar-refractivity contribution in [1.82, 2.24) is 10.6 Å². The lowest BCUT2D eigenvalue weighted by atomic mass is 9.93. The van der Waals surface area contributed by atoms with Crippen LogP contribution >= 0.6 is 0 Å². The second kappa shape index (κ2) is 9.85. The number of urea groups is 1. The van der Waals surface area contributed by atoms with Crippen molar-refractivity contribution in [2.75, 3.05) is 13.2 Å². The van der Waals surface area contributed by atoms with E-state index < -0.39 is 12.0 Å². The van der Waals surface area contributed by atoms with E-state index >= 15 is 0 Å². The Morgan fingerprint density at radius 2 is 2.00 bits per heavy atom. The lowest BCUT2D eigenvalue weighted by molar-refractivity contribution is -0.139. The van der Waals surface area contributed by atoms with Gasteiger partial charge in [-0.2, -0.15) is 0 Å². The number of benzene rings is 1. The molecule has 0 saturated carbocycles. The standard InChI is InChI=1S/C20H28N2O4/c1-4-7-11-16-17(19(23)25-6-3)18(22-20(24)21-16)14-9-8-10-15(13-14)26-12-5-2/h8-10,13,18H,4-7,11-12H2,1-3H3,(H2,21,22,24). The van der Waals surface area contributed by atoms with E-state index in [2.05, 4.69) is 17.6 Å². The molecule has 2 N–H and O–H groups in total.